The van der Waals surface area contributed by atoms with Crippen LogP contribution in [0.5, 0.6) is 0 Å². The van der Waals surface area contributed by atoms with Crippen molar-refractivity contribution in [2.45, 2.75) is 19.8 Å². The lowest BCUT2D eigenvalue weighted by atomic mass is 10.0. The lowest BCUT2D eigenvalue weighted by Gasteiger charge is -2.36. The fraction of sp³-hybridized carbons (Fsp3) is 0.350. The second-order valence-electron chi connectivity index (χ2n) is 6.78. The summed E-state index contributed by atoms with van der Waals surface area (Å²) in [6.45, 7) is 6.93. The molecule has 26 heavy (non-hydrogen) atoms. The molecule has 3 rings (SSSR count). The molecular weight excluding hydrogens is 336 g/mol. The number of benzene rings is 2. The summed E-state index contributed by atoms with van der Waals surface area (Å²) in [6.07, 6.45) is 0. The van der Waals surface area contributed by atoms with Gasteiger partial charge in [0, 0.05) is 43.6 Å². The molecule has 0 radical (unpaired) electrons. The van der Waals surface area contributed by atoms with Gasteiger partial charge in [-0.05, 0) is 35.7 Å². The topological polar surface area (TPSA) is 35.6 Å². The highest BCUT2D eigenvalue weighted by atomic mass is 19.2. The highest BCUT2D eigenvalue weighted by molar-refractivity contribution is 5.89. The fourth-order valence-corrected chi connectivity index (χ4v) is 3.01. The van der Waals surface area contributed by atoms with Crippen LogP contribution in [0.2, 0.25) is 0 Å². The Morgan fingerprint density at radius 1 is 0.962 bits per heavy atom. The van der Waals surface area contributed by atoms with Crippen LogP contribution in [0.25, 0.3) is 0 Å². The number of carbonyl (C=O) groups excluding carboxylic acids is 1. The number of rotatable bonds is 3. The highest BCUT2D eigenvalue weighted by Gasteiger charge is 2.21. The number of urea groups is 1. The van der Waals surface area contributed by atoms with Crippen molar-refractivity contribution in [1.29, 1.82) is 0 Å². The van der Waals surface area contributed by atoms with Gasteiger partial charge in [-0.3, -0.25) is 0 Å². The molecule has 1 heterocycles. The Morgan fingerprint density at radius 2 is 1.62 bits per heavy atom. The molecule has 2 amide bonds. The molecule has 138 valence electrons. The first-order chi connectivity index (χ1) is 12.4. The number of anilines is 2. The minimum atomic E-state index is -0.975. The molecule has 0 aliphatic carbocycles. The van der Waals surface area contributed by atoms with Crippen LogP contribution in [-0.2, 0) is 0 Å². The molecule has 0 spiro atoms. The van der Waals surface area contributed by atoms with Crippen LogP contribution in [0.3, 0.4) is 0 Å². The fourth-order valence-electron chi connectivity index (χ4n) is 3.01. The maximum absolute atomic E-state index is 13.2. The normalized spacial score (nSPS) is 14.7. The molecule has 6 heteroatoms. The number of halogens is 2. The van der Waals surface area contributed by atoms with E-state index in [0.717, 1.165) is 30.9 Å². The first-order valence-corrected chi connectivity index (χ1v) is 8.80. The summed E-state index contributed by atoms with van der Waals surface area (Å²) in [7, 11) is 0. The predicted molar refractivity (Wildman–Crippen MR) is 99.7 cm³/mol. The largest absolute Gasteiger partial charge is 0.368 e. The van der Waals surface area contributed by atoms with Crippen LogP contribution >= 0.6 is 0 Å². The van der Waals surface area contributed by atoms with Crippen molar-refractivity contribution in [3.8, 4) is 0 Å². The van der Waals surface area contributed by atoms with Gasteiger partial charge in [-0.15, -0.1) is 0 Å². The van der Waals surface area contributed by atoms with E-state index in [4.69, 9.17) is 0 Å². The van der Waals surface area contributed by atoms with Gasteiger partial charge < -0.3 is 15.1 Å². The minimum Gasteiger partial charge on any atom is -0.368 e. The van der Waals surface area contributed by atoms with Gasteiger partial charge in [0.1, 0.15) is 0 Å². The van der Waals surface area contributed by atoms with Crippen LogP contribution in [0.15, 0.2) is 42.5 Å². The molecule has 4 nitrogen and oxygen atoms in total. The van der Waals surface area contributed by atoms with Gasteiger partial charge >= 0.3 is 6.03 Å². The third-order valence-electron chi connectivity index (χ3n) is 4.66. The third kappa shape index (κ3) is 4.12. The Bertz CT molecular complexity index is 769. The molecular formula is C20H23F2N3O. The zero-order chi connectivity index (χ0) is 18.7. The number of hydrogen-bond donors (Lipinski definition) is 1. The molecule has 0 aromatic heterocycles. The molecule has 1 aliphatic heterocycles. The summed E-state index contributed by atoms with van der Waals surface area (Å²) in [4.78, 5) is 16.2. The smallest absolute Gasteiger partial charge is 0.321 e. The maximum Gasteiger partial charge on any atom is 0.321 e. The van der Waals surface area contributed by atoms with E-state index in [1.165, 1.54) is 11.6 Å². The van der Waals surface area contributed by atoms with Gasteiger partial charge in [0.2, 0.25) is 0 Å². The quantitative estimate of drug-likeness (QED) is 0.879. The van der Waals surface area contributed by atoms with E-state index in [0.29, 0.717) is 19.0 Å². The molecule has 0 unspecified atom stereocenters. The van der Waals surface area contributed by atoms with Gasteiger partial charge in [0.15, 0.2) is 11.6 Å². The second-order valence-corrected chi connectivity index (χ2v) is 6.78. The highest BCUT2D eigenvalue weighted by Crippen LogP contribution is 2.21. The van der Waals surface area contributed by atoms with E-state index in [2.05, 4.69) is 48.3 Å². The summed E-state index contributed by atoms with van der Waals surface area (Å²) < 4.78 is 26.2. The molecule has 0 atom stereocenters. The predicted octanol–water partition coefficient (Wildman–Crippen LogP) is 4.44. The van der Waals surface area contributed by atoms with E-state index in [-0.39, 0.29) is 11.7 Å². The van der Waals surface area contributed by atoms with Crippen LogP contribution in [0.1, 0.15) is 25.3 Å². The van der Waals surface area contributed by atoms with Gasteiger partial charge in [-0.2, -0.15) is 0 Å². The number of carbonyl (C=O) groups is 1. The van der Waals surface area contributed by atoms with Crippen molar-refractivity contribution in [3.63, 3.8) is 0 Å². The van der Waals surface area contributed by atoms with E-state index in [1.807, 2.05) is 0 Å². The summed E-state index contributed by atoms with van der Waals surface area (Å²) >= 11 is 0. The van der Waals surface area contributed by atoms with Crippen LogP contribution in [0, 0.1) is 11.6 Å². The Balaban J connectivity index is 1.55. The van der Waals surface area contributed by atoms with Crippen molar-refractivity contribution in [3.05, 3.63) is 59.7 Å². The summed E-state index contributed by atoms with van der Waals surface area (Å²) in [5, 5.41) is 2.62. The Morgan fingerprint density at radius 3 is 2.19 bits per heavy atom. The van der Waals surface area contributed by atoms with Crippen molar-refractivity contribution >= 4 is 17.4 Å². The molecule has 1 N–H and O–H groups in total. The molecule has 1 aliphatic rings. The molecule has 2 aromatic rings. The van der Waals surface area contributed by atoms with Crippen LogP contribution < -0.4 is 10.2 Å². The molecule has 1 fully saturated rings. The third-order valence-corrected chi connectivity index (χ3v) is 4.66. The number of hydrogen-bond acceptors (Lipinski definition) is 2. The number of amides is 2. The van der Waals surface area contributed by atoms with Gasteiger partial charge in [0.25, 0.3) is 0 Å². The molecule has 2 aromatic carbocycles. The number of nitrogens with zero attached hydrogens (tertiary/aromatic N) is 2. The monoisotopic (exact) mass is 359 g/mol. The average molecular weight is 359 g/mol. The van der Waals surface area contributed by atoms with Crippen molar-refractivity contribution < 1.29 is 13.6 Å². The Kier molecular flexibility index (Phi) is 5.40. The summed E-state index contributed by atoms with van der Waals surface area (Å²) in [6, 6.07) is 11.6. The number of nitrogens with one attached hydrogen (secondary N) is 1. The second kappa shape index (κ2) is 7.72. The summed E-state index contributed by atoms with van der Waals surface area (Å²) in [5.74, 6) is -1.40. The lowest BCUT2D eigenvalue weighted by molar-refractivity contribution is 0.208. The van der Waals surface area contributed by atoms with Crippen molar-refractivity contribution in [1.82, 2.24) is 4.90 Å². The van der Waals surface area contributed by atoms with Crippen molar-refractivity contribution in [2.75, 3.05) is 36.4 Å². The van der Waals surface area contributed by atoms with Gasteiger partial charge in [-0.25, -0.2) is 13.6 Å². The molecule has 0 bridgehead atoms. The Hall–Kier alpha value is -2.63. The first kappa shape index (κ1) is 18.2. The summed E-state index contributed by atoms with van der Waals surface area (Å²) in [5.41, 5.74) is 2.70. The number of piperazine rings is 1. The van der Waals surface area contributed by atoms with E-state index in [1.54, 1.807) is 4.90 Å². The van der Waals surface area contributed by atoms with Crippen molar-refractivity contribution in [2.24, 2.45) is 0 Å². The van der Waals surface area contributed by atoms with Crippen LogP contribution in [-0.4, -0.2) is 37.1 Å². The SMILES string of the molecule is CC(C)c1ccc(N2CCN(C(=O)Nc3ccc(F)c(F)c3)CC2)cc1. The molecule has 0 saturated carbocycles. The lowest BCUT2D eigenvalue weighted by Crippen LogP contribution is -2.50. The zero-order valence-corrected chi connectivity index (χ0v) is 15.0. The standard InChI is InChI=1S/C20H23F2N3O/c1-14(2)15-3-6-17(7-4-15)24-9-11-25(12-10-24)20(26)23-16-5-8-18(21)19(22)13-16/h3-8,13-14H,9-12H2,1-2H3,(H,23,26). The minimum absolute atomic E-state index is 0.251. The van der Waals surface area contributed by atoms with E-state index < -0.39 is 11.6 Å². The molecule has 1 saturated heterocycles. The van der Waals surface area contributed by atoms with E-state index in [9.17, 15) is 13.6 Å². The average Bonchev–Trinajstić information content (AvgIpc) is 2.65. The van der Waals surface area contributed by atoms with Gasteiger partial charge in [0.05, 0.1) is 0 Å². The maximum atomic E-state index is 13.2. The van der Waals surface area contributed by atoms with Crippen LogP contribution in [0.4, 0.5) is 25.0 Å². The van der Waals surface area contributed by atoms with E-state index >= 15 is 0 Å². The first-order valence-electron chi connectivity index (χ1n) is 8.80. The Labute approximate surface area is 152 Å². The zero-order valence-electron chi connectivity index (χ0n) is 15.0. The van der Waals surface area contributed by atoms with Gasteiger partial charge in [-0.1, -0.05) is 26.0 Å².